The van der Waals surface area contributed by atoms with Crippen molar-refractivity contribution < 1.29 is 0 Å². The summed E-state index contributed by atoms with van der Waals surface area (Å²) in [6.45, 7) is 14.9. The van der Waals surface area contributed by atoms with E-state index in [0.717, 1.165) is 6.42 Å². The molecule has 0 aliphatic heterocycles. The van der Waals surface area contributed by atoms with E-state index in [1.165, 1.54) is 33.4 Å². The molecule has 0 aromatic carbocycles. The number of rotatable bonds is 2. The van der Waals surface area contributed by atoms with Crippen LogP contribution in [0.3, 0.4) is 0 Å². The summed E-state index contributed by atoms with van der Waals surface area (Å²) in [5.74, 6) is 0. The van der Waals surface area contributed by atoms with Crippen molar-refractivity contribution in [2.45, 2.75) is 41.0 Å². The van der Waals surface area contributed by atoms with Crippen molar-refractivity contribution in [2.75, 3.05) is 0 Å². The van der Waals surface area contributed by atoms with Gasteiger partial charge in [0.15, 0.2) is 0 Å². The van der Waals surface area contributed by atoms with Gasteiger partial charge in [0.1, 0.15) is 0 Å². The van der Waals surface area contributed by atoms with Crippen LogP contribution < -0.4 is 0 Å². The van der Waals surface area contributed by atoms with E-state index in [9.17, 15) is 0 Å². The van der Waals surface area contributed by atoms with E-state index >= 15 is 0 Å². The summed E-state index contributed by atoms with van der Waals surface area (Å²) in [5.41, 5.74) is 8.24. The van der Waals surface area contributed by atoms with Crippen LogP contribution in [-0.4, -0.2) is 0 Å². The predicted molar refractivity (Wildman–Crippen MR) is 64.3 cm³/mol. The first kappa shape index (κ1) is 11.0. The van der Waals surface area contributed by atoms with Gasteiger partial charge in [0.2, 0.25) is 0 Å². The molecule has 1 rings (SSSR count). The summed E-state index contributed by atoms with van der Waals surface area (Å²) >= 11 is 0. The zero-order valence-corrected chi connectivity index (χ0v) is 9.99. The lowest BCUT2D eigenvalue weighted by Gasteiger charge is -2.13. The van der Waals surface area contributed by atoms with E-state index in [4.69, 9.17) is 0 Å². The number of hydrogen-bond donors (Lipinski definition) is 0. The third-order valence-corrected chi connectivity index (χ3v) is 2.89. The number of hydrogen-bond acceptors (Lipinski definition) is 0. The fourth-order valence-corrected chi connectivity index (χ4v) is 2.08. The van der Waals surface area contributed by atoms with Gasteiger partial charge in [-0.2, -0.15) is 0 Å². The Balaban J connectivity index is 3.19. The van der Waals surface area contributed by atoms with Gasteiger partial charge < -0.3 is 0 Å². The van der Waals surface area contributed by atoms with Gasteiger partial charge in [-0.25, -0.2) is 0 Å². The second-order valence-electron chi connectivity index (χ2n) is 4.35. The second kappa shape index (κ2) is 4.00. The summed E-state index contributed by atoms with van der Waals surface area (Å²) < 4.78 is 0. The highest BCUT2D eigenvalue weighted by Crippen LogP contribution is 2.34. The van der Waals surface area contributed by atoms with Crippen LogP contribution in [0.15, 0.2) is 46.1 Å². The van der Waals surface area contributed by atoms with Crippen LogP contribution in [0.1, 0.15) is 41.0 Å². The largest absolute Gasteiger partial charge is 0.0955 e. The standard InChI is InChI=1S/C14H20/c1-9(2)14(10(3)4)13-8-7-11(5)12(13)6/h7H,1,8H2,2-6H3. The lowest BCUT2D eigenvalue weighted by Crippen LogP contribution is -1.94. The molecule has 0 saturated heterocycles. The minimum atomic E-state index is 1.07. The van der Waals surface area contributed by atoms with Crippen molar-refractivity contribution in [3.8, 4) is 0 Å². The lowest BCUT2D eigenvalue weighted by atomic mass is 9.92. The molecule has 0 unspecified atom stereocenters. The maximum atomic E-state index is 4.07. The monoisotopic (exact) mass is 188 g/mol. The van der Waals surface area contributed by atoms with Gasteiger partial charge >= 0.3 is 0 Å². The first-order valence-corrected chi connectivity index (χ1v) is 5.15. The van der Waals surface area contributed by atoms with Crippen LogP contribution in [0.2, 0.25) is 0 Å². The predicted octanol–water partition coefficient (Wildman–Crippen LogP) is 4.57. The molecule has 0 aromatic rings. The van der Waals surface area contributed by atoms with E-state index in [1.54, 1.807) is 0 Å². The Bertz CT molecular complexity index is 355. The summed E-state index contributed by atoms with van der Waals surface area (Å²) in [6, 6.07) is 0. The molecule has 0 saturated carbocycles. The third kappa shape index (κ3) is 1.89. The van der Waals surface area contributed by atoms with Crippen molar-refractivity contribution in [3.05, 3.63) is 46.1 Å². The van der Waals surface area contributed by atoms with Crippen LogP contribution in [0, 0.1) is 0 Å². The molecule has 0 heteroatoms. The summed E-state index contributed by atoms with van der Waals surface area (Å²) in [4.78, 5) is 0. The fraction of sp³-hybridized carbons (Fsp3) is 0.429. The maximum absolute atomic E-state index is 4.07. The minimum absolute atomic E-state index is 1.07. The van der Waals surface area contributed by atoms with Crippen LogP contribution in [0.25, 0.3) is 0 Å². The summed E-state index contributed by atoms with van der Waals surface area (Å²) in [6.07, 6.45) is 3.38. The quantitative estimate of drug-likeness (QED) is 0.557. The normalized spacial score (nSPS) is 15.6. The van der Waals surface area contributed by atoms with E-state index in [0.29, 0.717) is 0 Å². The zero-order chi connectivity index (χ0) is 10.9. The van der Waals surface area contributed by atoms with Gasteiger partial charge in [0.05, 0.1) is 0 Å². The molecule has 0 amide bonds. The van der Waals surface area contributed by atoms with Crippen molar-refractivity contribution in [1.82, 2.24) is 0 Å². The Kier molecular flexibility index (Phi) is 3.15. The summed E-state index contributed by atoms with van der Waals surface area (Å²) in [7, 11) is 0. The van der Waals surface area contributed by atoms with E-state index in [1.807, 2.05) is 0 Å². The topological polar surface area (TPSA) is 0 Å². The van der Waals surface area contributed by atoms with Crippen molar-refractivity contribution in [3.63, 3.8) is 0 Å². The molecule has 0 spiro atoms. The Morgan fingerprint density at radius 3 is 2.07 bits per heavy atom. The van der Waals surface area contributed by atoms with Crippen LogP contribution in [0.4, 0.5) is 0 Å². The van der Waals surface area contributed by atoms with Crippen LogP contribution in [-0.2, 0) is 0 Å². The van der Waals surface area contributed by atoms with Crippen molar-refractivity contribution in [2.24, 2.45) is 0 Å². The number of allylic oxidation sites excluding steroid dienone is 7. The van der Waals surface area contributed by atoms with Gasteiger partial charge in [0.25, 0.3) is 0 Å². The van der Waals surface area contributed by atoms with E-state index < -0.39 is 0 Å². The van der Waals surface area contributed by atoms with Crippen molar-refractivity contribution >= 4 is 0 Å². The van der Waals surface area contributed by atoms with Crippen molar-refractivity contribution in [1.29, 1.82) is 0 Å². The van der Waals surface area contributed by atoms with Crippen LogP contribution in [0.5, 0.6) is 0 Å². The molecule has 0 aromatic heterocycles. The molecular weight excluding hydrogens is 168 g/mol. The SMILES string of the molecule is C=C(C)C(=C(C)C)C1=C(C)C(C)=CC1. The average Bonchev–Trinajstić information content (AvgIpc) is 2.35. The molecule has 0 heterocycles. The Morgan fingerprint density at radius 1 is 1.21 bits per heavy atom. The molecule has 1 aliphatic carbocycles. The molecule has 0 fully saturated rings. The highest BCUT2D eigenvalue weighted by atomic mass is 14.2. The molecular formula is C14H20. The molecule has 0 radical (unpaired) electrons. The molecule has 0 nitrogen and oxygen atoms in total. The summed E-state index contributed by atoms with van der Waals surface area (Å²) in [5, 5.41) is 0. The zero-order valence-electron chi connectivity index (χ0n) is 9.99. The molecule has 0 bridgehead atoms. The van der Waals surface area contributed by atoms with Gasteiger partial charge in [-0.1, -0.05) is 29.4 Å². The lowest BCUT2D eigenvalue weighted by molar-refractivity contribution is 1.16. The highest BCUT2D eigenvalue weighted by Gasteiger charge is 2.15. The Hall–Kier alpha value is -1.04. The van der Waals surface area contributed by atoms with E-state index in [2.05, 4.69) is 47.3 Å². The Morgan fingerprint density at radius 2 is 1.79 bits per heavy atom. The van der Waals surface area contributed by atoms with Gasteiger partial charge in [-0.15, -0.1) is 0 Å². The molecule has 1 aliphatic rings. The minimum Gasteiger partial charge on any atom is -0.0955 e. The van der Waals surface area contributed by atoms with Gasteiger partial charge in [-0.05, 0) is 57.8 Å². The van der Waals surface area contributed by atoms with Gasteiger partial charge in [-0.3, -0.25) is 0 Å². The molecule has 14 heavy (non-hydrogen) atoms. The second-order valence-corrected chi connectivity index (χ2v) is 4.35. The Labute approximate surface area is 87.7 Å². The van der Waals surface area contributed by atoms with Crippen LogP contribution >= 0.6 is 0 Å². The van der Waals surface area contributed by atoms with E-state index in [-0.39, 0.29) is 0 Å². The maximum Gasteiger partial charge on any atom is -0.00829 e. The fourth-order valence-electron chi connectivity index (χ4n) is 2.08. The average molecular weight is 188 g/mol. The molecule has 76 valence electrons. The first-order valence-electron chi connectivity index (χ1n) is 5.15. The molecule has 0 N–H and O–H groups in total. The van der Waals surface area contributed by atoms with Gasteiger partial charge in [0, 0.05) is 0 Å². The smallest absolute Gasteiger partial charge is 0.00829 e. The molecule has 0 atom stereocenters. The third-order valence-electron chi connectivity index (χ3n) is 2.89. The highest BCUT2D eigenvalue weighted by molar-refractivity contribution is 5.56. The first-order chi connectivity index (χ1) is 6.45.